The fraction of sp³-hybridized carbons (Fsp3) is 0. The van der Waals surface area contributed by atoms with Gasteiger partial charge in [-0.15, -0.1) is 11.3 Å². The zero-order valence-electron chi connectivity index (χ0n) is 31.3. The minimum absolute atomic E-state index is 0.652. The maximum absolute atomic E-state index is 5.43. The van der Waals surface area contributed by atoms with Crippen LogP contribution in [0.15, 0.2) is 200 Å². The topological polar surface area (TPSA) is 30.7 Å². The predicted octanol–water partition coefficient (Wildman–Crippen LogP) is 14.9. The molecule has 0 fully saturated rings. The van der Waals surface area contributed by atoms with Crippen LogP contribution in [0.25, 0.3) is 114 Å². The van der Waals surface area contributed by atoms with E-state index < -0.39 is 0 Å². The highest BCUT2D eigenvalue weighted by Gasteiger charge is 2.24. The van der Waals surface area contributed by atoms with Crippen molar-refractivity contribution in [3.8, 4) is 50.7 Å². The van der Waals surface area contributed by atoms with Crippen molar-refractivity contribution in [1.82, 2.24) is 14.5 Å². The third-order valence-corrected chi connectivity index (χ3v) is 12.7. The van der Waals surface area contributed by atoms with Crippen molar-refractivity contribution in [1.29, 1.82) is 0 Å². The smallest absolute Gasteiger partial charge is 0.235 e. The highest BCUT2D eigenvalue weighted by atomic mass is 32.1. The maximum atomic E-state index is 5.43. The van der Waals surface area contributed by atoms with Gasteiger partial charge in [0, 0.05) is 47.5 Å². The Morgan fingerprint density at radius 1 is 0.328 bits per heavy atom. The summed E-state index contributed by atoms with van der Waals surface area (Å²) >= 11 is 1.86. The molecule has 58 heavy (non-hydrogen) atoms. The largest absolute Gasteiger partial charge is 0.277 e. The van der Waals surface area contributed by atoms with Gasteiger partial charge < -0.3 is 0 Å². The molecule has 3 nitrogen and oxygen atoms in total. The summed E-state index contributed by atoms with van der Waals surface area (Å²) in [6.45, 7) is 0. The van der Waals surface area contributed by atoms with E-state index in [1.165, 1.54) is 74.7 Å². The average Bonchev–Trinajstić information content (AvgIpc) is 3.86. The molecule has 4 heteroatoms. The number of thiophene rings is 1. The molecule has 0 amide bonds. The van der Waals surface area contributed by atoms with Crippen LogP contribution in [0, 0.1) is 0 Å². The Morgan fingerprint density at radius 3 is 1.45 bits per heavy atom. The minimum atomic E-state index is 0.652. The summed E-state index contributed by atoms with van der Waals surface area (Å²) in [5, 5.41) is 9.84. The quantitative estimate of drug-likeness (QED) is 0.164. The van der Waals surface area contributed by atoms with Crippen molar-refractivity contribution in [2.45, 2.75) is 0 Å². The molecule has 0 N–H and O–H groups in total. The summed E-state index contributed by atoms with van der Waals surface area (Å²) in [6.07, 6.45) is 0. The number of nitrogens with zero attached hydrogens (tertiary/aromatic N) is 3. The van der Waals surface area contributed by atoms with Crippen molar-refractivity contribution in [3.63, 3.8) is 0 Å². The first-order valence-corrected chi connectivity index (χ1v) is 20.5. The summed E-state index contributed by atoms with van der Waals surface area (Å²) in [4.78, 5) is 10.9. The molecule has 0 aliphatic rings. The second-order valence-corrected chi connectivity index (χ2v) is 16.0. The van der Waals surface area contributed by atoms with Crippen molar-refractivity contribution in [3.05, 3.63) is 200 Å². The molecule has 0 bridgehead atoms. The highest BCUT2D eigenvalue weighted by molar-refractivity contribution is 7.26. The summed E-state index contributed by atoms with van der Waals surface area (Å²) in [5.41, 5.74) is 10.9. The number of rotatable bonds is 5. The molecule has 3 aromatic heterocycles. The Bertz CT molecular complexity index is 3470. The third kappa shape index (κ3) is 5.12. The number of fused-ring (bicyclic) bond motifs is 12. The van der Waals surface area contributed by atoms with Gasteiger partial charge in [-0.25, -0.2) is 9.97 Å². The molecule has 0 saturated carbocycles. The van der Waals surface area contributed by atoms with E-state index in [1.54, 1.807) is 0 Å². The standard InChI is InChI=1S/C54H33N3S/c1-4-14-34(15-5-1)35-24-26-36(27-25-35)39-28-30-48-44(32-39)50-49(58-48)31-29-47-52(50)51-42-22-12-10-20-40(42)41-21-11-13-23-43(41)53(51)57(47)54-55-45(37-16-6-2-7-17-37)33-46(56-54)38-18-8-3-9-19-38/h1-33H. The van der Waals surface area contributed by atoms with E-state index >= 15 is 0 Å². The van der Waals surface area contributed by atoms with Gasteiger partial charge in [0.2, 0.25) is 5.95 Å². The molecule has 12 rings (SSSR count). The van der Waals surface area contributed by atoms with E-state index in [2.05, 4.69) is 205 Å². The summed E-state index contributed by atoms with van der Waals surface area (Å²) in [5.74, 6) is 0.652. The van der Waals surface area contributed by atoms with Crippen molar-refractivity contribution < 1.29 is 0 Å². The fourth-order valence-electron chi connectivity index (χ4n) is 8.95. The Morgan fingerprint density at radius 2 is 0.810 bits per heavy atom. The van der Waals surface area contributed by atoms with E-state index in [-0.39, 0.29) is 0 Å². The molecule has 0 spiro atoms. The van der Waals surface area contributed by atoms with Gasteiger partial charge in [0.15, 0.2) is 0 Å². The van der Waals surface area contributed by atoms with Crippen molar-refractivity contribution in [2.75, 3.05) is 0 Å². The fourth-order valence-corrected chi connectivity index (χ4v) is 10.0. The van der Waals surface area contributed by atoms with Crippen LogP contribution in [0.1, 0.15) is 0 Å². The van der Waals surface area contributed by atoms with Crippen molar-refractivity contribution in [2.24, 2.45) is 0 Å². The van der Waals surface area contributed by atoms with Crippen LogP contribution in [-0.4, -0.2) is 14.5 Å². The number of aromatic nitrogens is 3. The van der Waals surface area contributed by atoms with E-state index in [9.17, 15) is 0 Å². The summed E-state index contributed by atoms with van der Waals surface area (Å²) in [6, 6.07) is 71.8. The molecule has 0 aliphatic heterocycles. The van der Waals surface area contributed by atoms with E-state index in [0.717, 1.165) is 33.5 Å². The Balaban J connectivity index is 1.20. The molecular weight excluding hydrogens is 723 g/mol. The first-order valence-electron chi connectivity index (χ1n) is 19.7. The van der Waals surface area contributed by atoms with Gasteiger partial charge >= 0.3 is 0 Å². The van der Waals surface area contributed by atoms with E-state index in [4.69, 9.17) is 9.97 Å². The predicted molar refractivity (Wildman–Crippen MR) is 246 cm³/mol. The second kappa shape index (κ2) is 13.1. The summed E-state index contributed by atoms with van der Waals surface area (Å²) < 4.78 is 4.87. The Labute approximate surface area is 338 Å². The van der Waals surface area contributed by atoms with Crippen molar-refractivity contribution >= 4 is 74.9 Å². The van der Waals surface area contributed by atoms with Crippen LogP contribution in [0.2, 0.25) is 0 Å². The molecule has 0 atom stereocenters. The van der Waals surface area contributed by atoms with E-state index in [1.807, 2.05) is 11.3 Å². The monoisotopic (exact) mass is 755 g/mol. The molecule has 0 unspecified atom stereocenters. The zero-order chi connectivity index (χ0) is 38.2. The number of hydrogen-bond donors (Lipinski definition) is 0. The first-order chi connectivity index (χ1) is 28.8. The highest BCUT2D eigenvalue weighted by Crippen LogP contribution is 2.48. The Kier molecular flexibility index (Phi) is 7.40. The number of benzene rings is 9. The normalized spacial score (nSPS) is 11.8. The van der Waals surface area contributed by atoms with Crippen LogP contribution in [-0.2, 0) is 0 Å². The third-order valence-electron chi connectivity index (χ3n) is 11.6. The number of hydrogen-bond acceptors (Lipinski definition) is 3. The lowest BCUT2D eigenvalue weighted by atomic mass is 9.95. The van der Waals surface area contributed by atoms with Crippen LogP contribution < -0.4 is 0 Å². The molecule has 0 aliphatic carbocycles. The molecule has 3 heterocycles. The van der Waals surface area contributed by atoms with Gasteiger partial charge in [0.25, 0.3) is 0 Å². The minimum Gasteiger partial charge on any atom is -0.277 e. The Hall–Kier alpha value is -7.40. The van der Waals surface area contributed by atoms with Crippen LogP contribution >= 0.6 is 11.3 Å². The second-order valence-electron chi connectivity index (χ2n) is 14.9. The van der Waals surface area contributed by atoms with Gasteiger partial charge in [0.1, 0.15) is 0 Å². The zero-order valence-corrected chi connectivity index (χ0v) is 32.1. The van der Waals surface area contributed by atoms with Crippen LogP contribution in [0.4, 0.5) is 0 Å². The average molecular weight is 756 g/mol. The molecular formula is C54H33N3S. The van der Waals surface area contributed by atoms with Gasteiger partial charge in [-0.05, 0) is 68.7 Å². The molecule has 270 valence electrons. The van der Waals surface area contributed by atoms with Crippen LogP contribution in [0.5, 0.6) is 0 Å². The molecule has 0 radical (unpaired) electrons. The summed E-state index contributed by atoms with van der Waals surface area (Å²) in [7, 11) is 0. The van der Waals surface area contributed by atoms with E-state index in [0.29, 0.717) is 5.95 Å². The lowest BCUT2D eigenvalue weighted by Crippen LogP contribution is -2.04. The molecule has 9 aromatic carbocycles. The van der Waals surface area contributed by atoms with Gasteiger partial charge in [-0.1, -0.05) is 170 Å². The molecule has 12 aromatic rings. The van der Waals surface area contributed by atoms with Crippen LogP contribution in [0.3, 0.4) is 0 Å². The first kappa shape index (κ1) is 32.8. The molecule has 0 saturated heterocycles. The maximum Gasteiger partial charge on any atom is 0.235 e. The van der Waals surface area contributed by atoms with Gasteiger partial charge in [-0.3, -0.25) is 4.57 Å². The van der Waals surface area contributed by atoms with Gasteiger partial charge in [0.05, 0.1) is 22.4 Å². The SMILES string of the molecule is c1ccc(-c2ccc(-c3ccc4sc5ccc6c(c5c4c3)c3c4ccccc4c4ccccc4c3n6-c3nc(-c4ccccc4)cc(-c4ccccc4)n3)cc2)cc1. The lowest BCUT2D eigenvalue weighted by Gasteiger charge is -2.13. The lowest BCUT2D eigenvalue weighted by molar-refractivity contribution is 0.998. The van der Waals surface area contributed by atoms with Gasteiger partial charge in [-0.2, -0.15) is 0 Å².